The van der Waals surface area contributed by atoms with Gasteiger partial charge in [-0.05, 0) is 70.6 Å². The molecule has 0 aromatic rings. The van der Waals surface area contributed by atoms with E-state index in [1.165, 1.54) is 212 Å². The minimum absolute atomic E-state index is 0.0544. The molecule has 2 atom stereocenters. The third-order valence-electron chi connectivity index (χ3n) is 13.0. The minimum Gasteiger partial charge on any atom is -0.462 e. The van der Waals surface area contributed by atoms with Gasteiger partial charge in [-0.1, -0.05) is 249 Å². The van der Waals surface area contributed by atoms with Gasteiger partial charge in [0.2, 0.25) is 0 Å². The lowest BCUT2D eigenvalue weighted by atomic mass is 10.0. The highest BCUT2D eigenvalue weighted by molar-refractivity contribution is 7.47. The van der Waals surface area contributed by atoms with Crippen molar-refractivity contribution in [2.75, 3.05) is 26.4 Å². The van der Waals surface area contributed by atoms with Crippen LogP contribution in [0.4, 0.5) is 0 Å². The predicted octanol–water partition coefficient (Wildman–Crippen LogP) is 18.4. The number of nitrogens with two attached hydrogens (primary N) is 1. The topological polar surface area (TPSA) is 134 Å². The Hall–Kier alpha value is -1.77. The summed E-state index contributed by atoms with van der Waals surface area (Å²) in [6.07, 6.45) is 66.4. The second kappa shape index (κ2) is 55.5. The van der Waals surface area contributed by atoms with E-state index in [1.54, 1.807) is 0 Å². The van der Waals surface area contributed by atoms with Gasteiger partial charge in [0.1, 0.15) is 6.61 Å². The molecule has 0 rings (SSSR count). The van der Waals surface area contributed by atoms with Gasteiger partial charge in [-0.25, -0.2) is 4.57 Å². The maximum absolute atomic E-state index is 12.7. The van der Waals surface area contributed by atoms with Crippen LogP contribution in [-0.2, 0) is 32.7 Å². The van der Waals surface area contributed by atoms with E-state index in [0.717, 1.165) is 51.4 Å². The van der Waals surface area contributed by atoms with Gasteiger partial charge in [-0.2, -0.15) is 0 Å². The smallest absolute Gasteiger partial charge is 0.462 e. The summed E-state index contributed by atoms with van der Waals surface area (Å²) in [6, 6.07) is 0. The maximum atomic E-state index is 12.7. The van der Waals surface area contributed by atoms with E-state index in [4.69, 9.17) is 24.3 Å². The average Bonchev–Trinajstić information content (AvgIpc) is 3.34. The second-order valence-electron chi connectivity index (χ2n) is 19.9. The van der Waals surface area contributed by atoms with Gasteiger partial charge in [0, 0.05) is 19.4 Å². The van der Waals surface area contributed by atoms with E-state index in [9.17, 15) is 19.0 Å². The summed E-state index contributed by atoms with van der Waals surface area (Å²) in [5.41, 5.74) is 5.38. The Kier molecular flexibility index (Phi) is 54.1. The van der Waals surface area contributed by atoms with Crippen LogP contribution in [0.15, 0.2) is 36.5 Å². The van der Waals surface area contributed by atoms with E-state index in [1.807, 2.05) is 0 Å². The van der Waals surface area contributed by atoms with Gasteiger partial charge in [-0.3, -0.25) is 18.6 Å². The first-order valence-electron chi connectivity index (χ1n) is 29.5. The van der Waals surface area contributed by atoms with Gasteiger partial charge in [0.25, 0.3) is 0 Å². The summed E-state index contributed by atoms with van der Waals surface area (Å²) in [5, 5.41) is 0. The van der Waals surface area contributed by atoms with Crippen molar-refractivity contribution >= 4 is 19.8 Å². The number of phosphoric ester groups is 1. The van der Waals surface area contributed by atoms with Crippen molar-refractivity contribution in [1.29, 1.82) is 0 Å². The number of ether oxygens (including phenoxy) is 2. The van der Waals surface area contributed by atoms with Crippen LogP contribution in [0.25, 0.3) is 0 Å². The molecule has 406 valence electrons. The predicted molar refractivity (Wildman–Crippen MR) is 294 cm³/mol. The molecule has 9 nitrogen and oxygen atoms in total. The molecule has 0 fully saturated rings. The molecule has 0 saturated carbocycles. The van der Waals surface area contributed by atoms with Gasteiger partial charge in [-0.15, -0.1) is 0 Å². The van der Waals surface area contributed by atoms with E-state index >= 15 is 0 Å². The molecule has 0 amide bonds. The van der Waals surface area contributed by atoms with Gasteiger partial charge in [0.15, 0.2) is 6.10 Å². The fraction of sp³-hybridized carbons (Fsp3) is 0.864. The van der Waals surface area contributed by atoms with Gasteiger partial charge >= 0.3 is 19.8 Å². The molecule has 0 aromatic carbocycles. The van der Waals surface area contributed by atoms with Crippen LogP contribution in [0.1, 0.15) is 296 Å². The Morgan fingerprint density at radius 3 is 1.12 bits per heavy atom. The molecular formula is C59H112NO8P. The lowest BCUT2D eigenvalue weighted by Gasteiger charge is -2.19. The van der Waals surface area contributed by atoms with Crippen LogP contribution in [0.2, 0.25) is 0 Å². The summed E-state index contributed by atoms with van der Waals surface area (Å²) in [6.45, 7) is 3.77. The number of carbonyl (C=O) groups excluding carboxylic acids is 2. The summed E-state index contributed by atoms with van der Waals surface area (Å²) >= 11 is 0. The molecule has 0 aliphatic carbocycles. The molecule has 3 N–H and O–H groups in total. The van der Waals surface area contributed by atoms with E-state index in [-0.39, 0.29) is 38.6 Å². The molecule has 2 unspecified atom stereocenters. The first-order valence-corrected chi connectivity index (χ1v) is 31.0. The average molecular weight is 995 g/mol. The summed E-state index contributed by atoms with van der Waals surface area (Å²) in [5.74, 6) is -0.819. The fourth-order valence-corrected chi connectivity index (χ4v) is 9.37. The molecule has 0 aliphatic heterocycles. The minimum atomic E-state index is -4.38. The van der Waals surface area contributed by atoms with Crippen LogP contribution in [0, 0.1) is 0 Å². The Balaban J connectivity index is 3.88. The molecule has 0 aliphatic rings. The number of hydrogen-bond donors (Lipinski definition) is 2. The summed E-state index contributed by atoms with van der Waals surface area (Å²) in [4.78, 5) is 35.1. The van der Waals surface area contributed by atoms with Crippen LogP contribution >= 0.6 is 7.82 Å². The fourth-order valence-electron chi connectivity index (χ4n) is 8.60. The molecule has 10 heteroatoms. The standard InChI is InChI=1S/C59H112NO8P/c1-3-5-7-9-11-13-15-17-19-21-22-23-24-25-26-27-28-29-30-31-32-33-34-36-38-40-42-44-46-48-50-52-59(62)68-57(56-67-69(63,64)66-54-53-60)55-65-58(61)51-49-47-45-43-41-39-37-35-20-18-16-14-12-10-8-6-4-2/h15,17-18,20-22,57H,3-14,16,19,23-56,60H2,1-2H3,(H,63,64)/b17-15-,20-18-,22-21-. The van der Waals surface area contributed by atoms with Crippen LogP contribution in [-0.4, -0.2) is 49.3 Å². The van der Waals surface area contributed by atoms with Gasteiger partial charge in [0.05, 0.1) is 13.2 Å². The zero-order valence-electron chi connectivity index (χ0n) is 45.3. The van der Waals surface area contributed by atoms with Crippen molar-refractivity contribution in [2.45, 2.75) is 302 Å². The number of phosphoric acid groups is 1. The molecule has 0 spiro atoms. The zero-order chi connectivity index (χ0) is 50.2. The third-order valence-corrected chi connectivity index (χ3v) is 14.0. The first kappa shape index (κ1) is 67.2. The normalized spacial score (nSPS) is 13.3. The number of allylic oxidation sites excluding steroid dienone is 6. The molecule has 0 saturated heterocycles. The largest absolute Gasteiger partial charge is 0.472 e. The Bertz CT molecular complexity index is 1220. The van der Waals surface area contributed by atoms with Crippen molar-refractivity contribution in [3.05, 3.63) is 36.5 Å². The highest BCUT2D eigenvalue weighted by Crippen LogP contribution is 2.43. The van der Waals surface area contributed by atoms with Crippen LogP contribution in [0.5, 0.6) is 0 Å². The van der Waals surface area contributed by atoms with E-state index in [2.05, 4.69) is 50.3 Å². The lowest BCUT2D eigenvalue weighted by Crippen LogP contribution is -2.29. The number of hydrogen-bond acceptors (Lipinski definition) is 8. The molecule has 0 heterocycles. The molecule has 0 bridgehead atoms. The Morgan fingerprint density at radius 2 is 0.754 bits per heavy atom. The SMILES string of the molecule is CCCCCCC/C=C\C/C=C\CCCCCCCCCCCCCCCCCCCCCC(=O)OC(COC(=O)CCCCCCCCC/C=C\CCCCCCCC)COP(=O)(O)OCCN. The first-order chi connectivity index (χ1) is 33.8. The summed E-state index contributed by atoms with van der Waals surface area (Å²) < 4.78 is 33.0. The van der Waals surface area contributed by atoms with Crippen molar-refractivity contribution in [2.24, 2.45) is 5.73 Å². The molecular weight excluding hydrogens is 882 g/mol. The third kappa shape index (κ3) is 55.4. The molecule has 69 heavy (non-hydrogen) atoms. The highest BCUT2D eigenvalue weighted by Gasteiger charge is 2.26. The van der Waals surface area contributed by atoms with E-state index in [0.29, 0.717) is 6.42 Å². The number of rotatable bonds is 56. The Labute approximate surface area is 426 Å². The van der Waals surface area contributed by atoms with Crippen molar-refractivity contribution < 1.29 is 37.6 Å². The van der Waals surface area contributed by atoms with Crippen molar-refractivity contribution in [3.63, 3.8) is 0 Å². The zero-order valence-corrected chi connectivity index (χ0v) is 46.2. The maximum Gasteiger partial charge on any atom is 0.472 e. The summed E-state index contributed by atoms with van der Waals surface area (Å²) in [7, 11) is -4.38. The van der Waals surface area contributed by atoms with Crippen LogP contribution < -0.4 is 5.73 Å². The lowest BCUT2D eigenvalue weighted by molar-refractivity contribution is -0.161. The monoisotopic (exact) mass is 994 g/mol. The highest BCUT2D eigenvalue weighted by atomic mass is 31.2. The van der Waals surface area contributed by atoms with Crippen LogP contribution in [0.3, 0.4) is 0 Å². The quantitative estimate of drug-likeness (QED) is 0.0264. The number of carbonyl (C=O) groups is 2. The van der Waals surface area contributed by atoms with E-state index < -0.39 is 26.5 Å². The second-order valence-corrected chi connectivity index (χ2v) is 21.3. The number of unbranched alkanes of at least 4 members (excludes halogenated alkanes) is 37. The molecule has 0 aromatic heterocycles. The number of esters is 2. The molecule has 0 radical (unpaired) electrons. The van der Waals surface area contributed by atoms with Gasteiger partial charge < -0.3 is 20.1 Å². The Morgan fingerprint density at radius 1 is 0.435 bits per heavy atom. The van der Waals surface area contributed by atoms with Crippen molar-refractivity contribution in [1.82, 2.24) is 0 Å². The van der Waals surface area contributed by atoms with Crippen molar-refractivity contribution in [3.8, 4) is 0 Å².